The van der Waals surface area contributed by atoms with Crippen molar-refractivity contribution in [2.45, 2.75) is 58.0 Å². The number of H-pyrrole nitrogens is 1. The largest absolute Gasteiger partial charge is 0.480 e. The highest BCUT2D eigenvalue weighted by atomic mass is 16.5. The Morgan fingerprint density at radius 1 is 1.38 bits per heavy atom. The molecular formula is C19H32N6O4. The van der Waals surface area contributed by atoms with E-state index in [4.69, 9.17) is 10.5 Å². The van der Waals surface area contributed by atoms with Gasteiger partial charge >= 0.3 is 11.7 Å². The Bertz CT molecular complexity index is 769. The van der Waals surface area contributed by atoms with Crippen LogP contribution >= 0.6 is 0 Å². The lowest BCUT2D eigenvalue weighted by atomic mass is 10.0. The summed E-state index contributed by atoms with van der Waals surface area (Å²) < 4.78 is 6.83. The first kappa shape index (κ1) is 22.8. The normalized spacial score (nSPS) is 18.1. The summed E-state index contributed by atoms with van der Waals surface area (Å²) in [7, 11) is 0. The lowest BCUT2D eigenvalue weighted by Gasteiger charge is -2.32. The summed E-state index contributed by atoms with van der Waals surface area (Å²) in [5.74, 6) is -0.315. The Morgan fingerprint density at radius 3 is 2.86 bits per heavy atom. The summed E-state index contributed by atoms with van der Waals surface area (Å²) in [4.78, 5) is 36.5. The van der Waals surface area contributed by atoms with Crippen molar-refractivity contribution in [3.63, 3.8) is 0 Å². The molecule has 1 atom stereocenters. The highest BCUT2D eigenvalue weighted by molar-refractivity contribution is 5.99. The number of aromatic amines is 1. The quantitative estimate of drug-likeness (QED) is 0.271. The Morgan fingerprint density at radius 2 is 2.17 bits per heavy atom. The minimum atomic E-state index is -0.788. The maximum Gasteiger partial charge on any atom is 0.327 e. The monoisotopic (exact) mass is 408 g/mol. The molecule has 0 bridgehead atoms. The van der Waals surface area contributed by atoms with Crippen LogP contribution in [0.5, 0.6) is 0 Å². The average Bonchev–Trinajstić information content (AvgIpc) is 3.03. The number of likely N-dealkylation sites (tertiary alicyclic amines) is 1. The number of aliphatic carboxylic acids is 1. The van der Waals surface area contributed by atoms with Gasteiger partial charge in [-0.25, -0.2) is 14.8 Å². The number of carboxylic acids is 1. The number of imidazole rings is 1. The minimum Gasteiger partial charge on any atom is -0.480 e. The number of carboxylic acid groups (broad SMARTS) is 1. The van der Waals surface area contributed by atoms with Crippen molar-refractivity contribution in [1.29, 1.82) is 0 Å². The maximum atomic E-state index is 12.4. The Hall–Kier alpha value is -2.46. The molecule has 0 spiro atoms. The van der Waals surface area contributed by atoms with Gasteiger partial charge in [-0.15, -0.1) is 0 Å². The Balaban J connectivity index is 2.00. The van der Waals surface area contributed by atoms with Crippen LogP contribution in [0.1, 0.15) is 51.1 Å². The number of hydrogen-bond acceptors (Lipinski definition) is 6. The van der Waals surface area contributed by atoms with Crippen molar-refractivity contribution in [2.24, 2.45) is 15.7 Å². The van der Waals surface area contributed by atoms with Gasteiger partial charge < -0.3 is 20.6 Å². The van der Waals surface area contributed by atoms with Gasteiger partial charge in [0.05, 0.1) is 0 Å². The molecule has 2 heterocycles. The van der Waals surface area contributed by atoms with E-state index in [1.165, 1.54) is 4.57 Å². The van der Waals surface area contributed by atoms with Crippen molar-refractivity contribution in [3.8, 4) is 0 Å². The van der Waals surface area contributed by atoms with Crippen LogP contribution in [0.15, 0.2) is 14.8 Å². The summed E-state index contributed by atoms with van der Waals surface area (Å²) in [5, 5.41) is 9.37. The van der Waals surface area contributed by atoms with Crippen LogP contribution in [-0.2, 0) is 16.1 Å². The van der Waals surface area contributed by atoms with Crippen molar-refractivity contribution < 1.29 is 14.6 Å². The SMILES string of the molecule is C=Nc1c(/C(N)=N\COCCCC)[nH]c(=O)n1CCCN1CCCCC1C(=O)O. The van der Waals surface area contributed by atoms with Gasteiger partial charge in [0.15, 0.2) is 5.82 Å². The highest BCUT2D eigenvalue weighted by Gasteiger charge is 2.27. The fraction of sp³-hybridized carbons (Fsp3) is 0.684. The number of ether oxygens (including phenoxy) is 1. The summed E-state index contributed by atoms with van der Waals surface area (Å²) >= 11 is 0. The van der Waals surface area contributed by atoms with Crippen LogP contribution in [0.4, 0.5) is 5.82 Å². The topological polar surface area (TPSA) is 138 Å². The number of nitrogens with one attached hydrogen (secondary N) is 1. The van der Waals surface area contributed by atoms with Crippen LogP contribution in [0.3, 0.4) is 0 Å². The van der Waals surface area contributed by atoms with E-state index in [1.807, 2.05) is 4.90 Å². The van der Waals surface area contributed by atoms with Crippen molar-refractivity contribution in [2.75, 3.05) is 26.4 Å². The first-order valence-corrected chi connectivity index (χ1v) is 10.1. The van der Waals surface area contributed by atoms with E-state index in [0.717, 1.165) is 32.2 Å². The lowest BCUT2D eigenvalue weighted by Crippen LogP contribution is -2.45. The molecule has 1 unspecified atom stereocenters. The molecule has 10 heteroatoms. The second-order valence-corrected chi connectivity index (χ2v) is 7.11. The molecule has 1 fully saturated rings. The molecule has 0 aliphatic carbocycles. The minimum absolute atomic E-state index is 0.112. The van der Waals surface area contributed by atoms with Crippen LogP contribution < -0.4 is 11.4 Å². The van der Waals surface area contributed by atoms with E-state index >= 15 is 0 Å². The number of unbranched alkanes of at least 4 members (excludes halogenated alkanes) is 1. The highest BCUT2D eigenvalue weighted by Crippen LogP contribution is 2.19. The molecule has 10 nitrogen and oxygen atoms in total. The van der Waals surface area contributed by atoms with Gasteiger partial charge in [-0.3, -0.25) is 14.3 Å². The molecule has 1 aromatic heterocycles. The molecule has 1 saturated heterocycles. The summed E-state index contributed by atoms with van der Waals surface area (Å²) in [6.45, 7) is 8.06. The van der Waals surface area contributed by atoms with Gasteiger partial charge in [-0.2, -0.15) is 0 Å². The molecule has 0 saturated carbocycles. The summed E-state index contributed by atoms with van der Waals surface area (Å²) in [6.07, 6.45) is 5.17. The number of amidine groups is 1. The van der Waals surface area contributed by atoms with E-state index in [-0.39, 0.29) is 18.3 Å². The molecule has 0 aromatic carbocycles. The zero-order chi connectivity index (χ0) is 21.2. The smallest absolute Gasteiger partial charge is 0.327 e. The van der Waals surface area contributed by atoms with E-state index < -0.39 is 12.0 Å². The third-order valence-electron chi connectivity index (χ3n) is 5.06. The number of hydrogen-bond donors (Lipinski definition) is 3. The molecule has 1 aliphatic heterocycles. The molecule has 4 N–H and O–H groups in total. The summed E-state index contributed by atoms with van der Waals surface area (Å²) in [6, 6.07) is -0.449. The number of aromatic nitrogens is 2. The van der Waals surface area contributed by atoms with Crippen molar-refractivity contribution in [3.05, 3.63) is 16.2 Å². The van der Waals surface area contributed by atoms with E-state index in [1.54, 1.807) is 0 Å². The fourth-order valence-corrected chi connectivity index (χ4v) is 3.49. The Labute approximate surface area is 170 Å². The predicted molar refractivity (Wildman–Crippen MR) is 112 cm³/mol. The molecule has 1 aliphatic rings. The van der Waals surface area contributed by atoms with E-state index in [2.05, 4.69) is 28.6 Å². The zero-order valence-electron chi connectivity index (χ0n) is 17.1. The number of carbonyl (C=O) groups is 1. The van der Waals surface area contributed by atoms with Crippen molar-refractivity contribution in [1.82, 2.24) is 14.5 Å². The number of nitrogens with zero attached hydrogens (tertiary/aromatic N) is 4. The molecule has 0 amide bonds. The fourth-order valence-electron chi connectivity index (χ4n) is 3.49. The third kappa shape index (κ3) is 6.26. The van der Waals surface area contributed by atoms with Gasteiger partial charge in [0.1, 0.15) is 24.3 Å². The van der Waals surface area contributed by atoms with Crippen LogP contribution in [0.2, 0.25) is 0 Å². The molecular weight excluding hydrogens is 376 g/mol. The predicted octanol–water partition coefficient (Wildman–Crippen LogP) is 1.32. The maximum absolute atomic E-state index is 12.4. The number of aliphatic imine (C=N–C) groups is 2. The lowest BCUT2D eigenvalue weighted by molar-refractivity contribution is -0.144. The van der Waals surface area contributed by atoms with Crippen LogP contribution in [-0.4, -0.2) is 70.5 Å². The zero-order valence-corrected chi connectivity index (χ0v) is 17.1. The molecule has 1 aromatic rings. The number of nitrogens with two attached hydrogens (primary N) is 1. The number of rotatable bonds is 12. The summed E-state index contributed by atoms with van der Waals surface area (Å²) in [5.41, 5.74) is 5.97. The van der Waals surface area contributed by atoms with Gasteiger partial charge in [0, 0.05) is 19.7 Å². The molecule has 2 rings (SSSR count). The second kappa shape index (κ2) is 11.5. The molecule has 0 radical (unpaired) electrons. The van der Waals surface area contributed by atoms with Crippen LogP contribution in [0.25, 0.3) is 0 Å². The van der Waals surface area contributed by atoms with Gasteiger partial charge in [-0.05, 0) is 38.9 Å². The van der Waals surface area contributed by atoms with Crippen LogP contribution in [0, 0.1) is 0 Å². The van der Waals surface area contributed by atoms with Gasteiger partial charge in [-0.1, -0.05) is 19.8 Å². The standard InChI is InChI=1S/C19H32N6O4/c1-3-4-12-29-13-22-16(20)15-17(21-2)25(19(28)23-15)11-7-10-24-9-6-5-8-14(24)18(26)27/h14H,2-13H2,1H3,(H2,20,22)(H,23,28)(H,26,27). The number of piperidine rings is 1. The van der Waals surface area contributed by atoms with Crippen molar-refractivity contribution >= 4 is 24.3 Å². The van der Waals surface area contributed by atoms with Gasteiger partial charge in [0.2, 0.25) is 0 Å². The first-order chi connectivity index (χ1) is 14.0. The average molecular weight is 409 g/mol. The van der Waals surface area contributed by atoms with E-state index in [0.29, 0.717) is 44.0 Å². The first-order valence-electron chi connectivity index (χ1n) is 10.1. The molecule has 162 valence electrons. The van der Waals surface area contributed by atoms with Gasteiger partial charge in [0.25, 0.3) is 0 Å². The molecule has 29 heavy (non-hydrogen) atoms. The Kier molecular flexibility index (Phi) is 9.07. The second-order valence-electron chi connectivity index (χ2n) is 7.11. The third-order valence-corrected chi connectivity index (χ3v) is 5.06. The van der Waals surface area contributed by atoms with E-state index in [9.17, 15) is 14.7 Å².